The Labute approximate surface area is 186 Å². The van der Waals surface area contributed by atoms with Gasteiger partial charge in [0.05, 0.1) is 6.04 Å². The van der Waals surface area contributed by atoms with Crippen LogP contribution in [0.1, 0.15) is 77.3 Å². The van der Waals surface area contributed by atoms with Crippen molar-refractivity contribution in [3.8, 4) is 5.75 Å². The molecule has 31 heavy (non-hydrogen) atoms. The summed E-state index contributed by atoms with van der Waals surface area (Å²) in [7, 11) is 0. The lowest BCUT2D eigenvalue weighted by atomic mass is 9.98. The molecule has 0 saturated heterocycles. The molecule has 1 atom stereocenters. The van der Waals surface area contributed by atoms with E-state index < -0.39 is 0 Å². The Bertz CT molecular complexity index is 1000. The fourth-order valence-electron chi connectivity index (χ4n) is 3.50. The molecule has 0 aliphatic heterocycles. The van der Waals surface area contributed by atoms with Crippen LogP contribution in [0.15, 0.2) is 66.7 Å². The molecule has 162 valence electrons. The number of aryl methyl sites for hydroxylation is 2. The highest BCUT2D eigenvalue weighted by atomic mass is 16.5. The van der Waals surface area contributed by atoms with Crippen molar-refractivity contribution in [3.05, 3.63) is 100 Å². The van der Waals surface area contributed by atoms with Gasteiger partial charge in [-0.3, -0.25) is 4.79 Å². The van der Waals surface area contributed by atoms with Crippen molar-refractivity contribution in [2.45, 2.75) is 59.6 Å². The standard InChI is InChI=1S/C28H33NO2/c1-6-27(24-14-12-23(13-15-24)19(2)3)29-28(30)25-10-8-22(9-11-25)18-31-26-16-7-20(4)21(5)17-26/h7-17,19,27H,6,18H2,1-5H3,(H,29,30). The molecular weight excluding hydrogens is 382 g/mol. The van der Waals surface area contributed by atoms with Crippen LogP contribution < -0.4 is 10.1 Å². The lowest BCUT2D eigenvalue weighted by Gasteiger charge is -2.18. The Morgan fingerprint density at radius 1 is 0.871 bits per heavy atom. The van der Waals surface area contributed by atoms with Crippen molar-refractivity contribution in [2.24, 2.45) is 0 Å². The number of nitrogens with one attached hydrogen (secondary N) is 1. The van der Waals surface area contributed by atoms with E-state index >= 15 is 0 Å². The third-order valence-corrected chi connectivity index (χ3v) is 5.82. The smallest absolute Gasteiger partial charge is 0.251 e. The monoisotopic (exact) mass is 415 g/mol. The summed E-state index contributed by atoms with van der Waals surface area (Å²) >= 11 is 0. The third kappa shape index (κ3) is 5.97. The highest BCUT2D eigenvalue weighted by Crippen LogP contribution is 2.22. The largest absolute Gasteiger partial charge is 0.489 e. The zero-order chi connectivity index (χ0) is 22.4. The predicted octanol–water partition coefficient (Wildman–Crippen LogP) is 6.89. The van der Waals surface area contributed by atoms with Crippen molar-refractivity contribution in [1.82, 2.24) is 5.32 Å². The van der Waals surface area contributed by atoms with Gasteiger partial charge in [-0.15, -0.1) is 0 Å². The maximum absolute atomic E-state index is 12.8. The van der Waals surface area contributed by atoms with E-state index in [0.29, 0.717) is 18.1 Å². The quantitative estimate of drug-likeness (QED) is 0.435. The Hall–Kier alpha value is -3.07. The van der Waals surface area contributed by atoms with Crippen LogP contribution in [0.4, 0.5) is 0 Å². The Balaban J connectivity index is 1.60. The van der Waals surface area contributed by atoms with Crippen LogP contribution in [0, 0.1) is 13.8 Å². The van der Waals surface area contributed by atoms with Crippen LogP contribution in [0.25, 0.3) is 0 Å². The number of hydrogen-bond donors (Lipinski definition) is 1. The van der Waals surface area contributed by atoms with Crippen molar-refractivity contribution >= 4 is 5.91 Å². The molecule has 3 aromatic rings. The van der Waals surface area contributed by atoms with E-state index in [1.54, 1.807) is 0 Å². The molecule has 0 heterocycles. The molecule has 0 spiro atoms. The van der Waals surface area contributed by atoms with Crippen molar-refractivity contribution in [3.63, 3.8) is 0 Å². The van der Waals surface area contributed by atoms with E-state index in [-0.39, 0.29) is 11.9 Å². The number of hydrogen-bond acceptors (Lipinski definition) is 2. The molecule has 0 saturated carbocycles. The molecule has 3 aromatic carbocycles. The van der Waals surface area contributed by atoms with Gasteiger partial charge in [0.2, 0.25) is 0 Å². The van der Waals surface area contributed by atoms with Gasteiger partial charge < -0.3 is 10.1 Å². The van der Waals surface area contributed by atoms with Crippen LogP contribution in [0.2, 0.25) is 0 Å². The third-order valence-electron chi connectivity index (χ3n) is 5.82. The van der Waals surface area contributed by atoms with E-state index in [4.69, 9.17) is 4.74 Å². The topological polar surface area (TPSA) is 38.3 Å². The maximum atomic E-state index is 12.8. The molecule has 3 heteroatoms. The molecule has 0 aliphatic rings. The van der Waals surface area contributed by atoms with Crippen molar-refractivity contribution in [1.29, 1.82) is 0 Å². The Kier molecular flexibility index (Phi) is 7.51. The first-order chi connectivity index (χ1) is 14.9. The summed E-state index contributed by atoms with van der Waals surface area (Å²) in [5, 5.41) is 3.17. The zero-order valence-corrected chi connectivity index (χ0v) is 19.2. The van der Waals surface area contributed by atoms with Gasteiger partial charge in [-0.25, -0.2) is 0 Å². The molecule has 1 amide bonds. The van der Waals surface area contributed by atoms with Gasteiger partial charge in [0.1, 0.15) is 12.4 Å². The minimum absolute atomic E-state index is 0.00139. The summed E-state index contributed by atoms with van der Waals surface area (Å²) in [5.41, 5.74) is 6.61. The number of carbonyl (C=O) groups is 1. The van der Waals surface area contributed by atoms with E-state index in [0.717, 1.165) is 23.3 Å². The molecule has 1 N–H and O–H groups in total. The first-order valence-corrected chi connectivity index (χ1v) is 11.1. The molecule has 0 radical (unpaired) electrons. The molecule has 0 aliphatic carbocycles. The maximum Gasteiger partial charge on any atom is 0.251 e. The number of carbonyl (C=O) groups excluding carboxylic acids is 1. The minimum atomic E-state index is -0.0542. The van der Waals surface area contributed by atoms with Crippen LogP contribution in [0.5, 0.6) is 5.75 Å². The molecule has 3 nitrogen and oxygen atoms in total. The zero-order valence-electron chi connectivity index (χ0n) is 19.2. The average molecular weight is 416 g/mol. The van der Waals surface area contributed by atoms with Gasteiger partial charge in [-0.2, -0.15) is 0 Å². The molecule has 1 unspecified atom stereocenters. The van der Waals surface area contributed by atoms with Gasteiger partial charge in [-0.05, 0) is 78.3 Å². The summed E-state index contributed by atoms with van der Waals surface area (Å²) in [4.78, 5) is 12.8. The summed E-state index contributed by atoms with van der Waals surface area (Å²) in [5.74, 6) is 1.31. The van der Waals surface area contributed by atoms with E-state index in [1.807, 2.05) is 30.3 Å². The summed E-state index contributed by atoms with van der Waals surface area (Å²) < 4.78 is 5.89. The summed E-state index contributed by atoms with van der Waals surface area (Å²) in [6.45, 7) is 11.1. The predicted molar refractivity (Wildman–Crippen MR) is 128 cm³/mol. The van der Waals surface area contributed by atoms with Gasteiger partial charge >= 0.3 is 0 Å². The van der Waals surface area contributed by atoms with Gasteiger partial charge in [0.25, 0.3) is 5.91 Å². The van der Waals surface area contributed by atoms with Crippen LogP contribution in [-0.4, -0.2) is 5.91 Å². The molecular formula is C28H33NO2. The second-order valence-corrected chi connectivity index (χ2v) is 8.49. The minimum Gasteiger partial charge on any atom is -0.489 e. The highest BCUT2D eigenvalue weighted by molar-refractivity contribution is 5.94. The highest BCUT2D eigenvalue weighted by Gasteiger charge is 2.14. The van der Waals surface area contributed by atoms with Gasteiger partial charge in [0.15, 0.2) is 0 Å². The first-order valence-electron chi connectivity index (χ1n) is 11.1. The lowest BCUT2D eigenvalue weighted by molar-refractivity contribution is 0.0935. The van der Waals surface area contributed by atoms with Gasteiger partial charge in [0, 0.05) is 5.56 Å². The molecule has 3 rings (SSSR count). The van der Waals surface area contributed by atoms with E-state index in [9.17, 15) is 4.79 Å². The molecule has 0 bridgehead atoms. The Morgan fingerprint density at radius 2 is 1.52 bits per heavy atom. The second kappa shape index (κ2) is 10.3. The Morgan fingerprint density at radius 3 is 2.10 bits per heavy atom. The summed E-state index contributed by atoms with van der Waals surface area (Å²) in [6, 6.07) is 22.3. The van der Waals surface area contributed by atoms with Crippen LogP contribution >= 0.6 is 0 Å². The second-order valence-electron chi connectivity index (χ2n) is 8.49. The molecule has 0 aromatic heterocycles. The van der Waals surface area contributed by atoms with Crippen molar-refractivity contribution in [2.75, 3.05) is 0 Å². The SMILES string of the molecule is CCC(NC(=O)c1ccc(COc2ccc(C)c(C)c2)cc1)c1ccc(C(C)C)cc1. The van der Waals surface area contributed by atoms with Crippen LogP contribution in [-0.2, 0) is 6.61 Å². The molecule has 0 fully saturated rings. The van der Waals surface area contributed by atoms with Crippen molar-refractivity contribution < 1.29 is 9.53 Å². The number of amides is 1. The number of rotatable bonds is 8. The summed E-state index contributed by atoms with van der Waals surface area (Å²) in [6.07, 6.45) is 0.842. The fourth-order valence-corrected chi connectivity index (χ4v) is 3.50. The number of benzene rings is 3. The fraction of sp³-hybridized carbons (Fsp3) is 0.321. The normalized spacial score (nSPS) is 11.9. The van der Waals surface area contributed by atoms with Gasteiger partial charge in [-0.1, -0.05) is 63.2 Å². The lowest BCUT2D eigenvalue weighted by Crippen LogP contribution is -2.28. The van der Waals surface area contributed by atoms with E-state index in [2.05, 4.69) is 76.3 Å². The van der Waals surface area contributed by atoms with Crippen LogP contribution in [0.3, 0.4) is 0 Å². The first kappa shape index (κ1) is 22.6. The van der Waals surface area contributed by atoms with E-state index in [1.165, 1.54) is 16.7 Å². The average Bonchev–Trinajstić information content (AvgIpc) is 2.78. The number of ether oxygens (including phenoxy) is 1.